The van der Waals surface area contributed by atoms with E-state index in [0.29, 0.717) is 11.1 Å². The zero-order valence-corrected chi connectivity index (χ0v) is 8.46. The highest BCUT2D eigenvalue weighted by molar-refractivity contribution is 5.88. The molecule has 0 bridgehead atoms. The van der Waals surface area contributed by atoms with E-state index < -0.39 is 12.7 Å². The van der Waals surface area contributed by atoms with E-state index in [9.17, 15) is 13.2 Å². The van der Waals surface area contributed by atoms with Crippen LogP contribution in [-0.2, 0) is 6.54 Å². The first-order valence-electron chi connectivity index (χ1n) is 4.78. The maximum Gasteiger partial charge on any atom is 0.406 e. The fraction of sp³-hybridized carbons (Fsp3) is 0.167. The maximum absolute atomic E-state index is 12.3. The number of alkyl halides is 3. The molecular weight excluding hydrogens is 215 g/mol. The van der Waals surface area contributed by atoms with Crippen LogP contribution in [0.25, 0.3) is 17.0 Å². The Balaban J connectivity index is 2.58. The molecule has 0 N–H and O–H groups in total. The minimum atomic E-state index is -4.21. The van der Waals surface area contributed by atoms with Crippen LogP contribution in [0.4, 0.5) is 13.2 Å². The van der Waals surface area contributed by atoms with Gasteiger partial charge in [-0.05, 0) is 11.6 Å². The van der Waals surface area contributed by atoms with Crippen LogP contribution in [0, 0.1) is 0 Å². The molecule has 0 radical (unpaired) electrons. The Hall–Kier alpha value is -1.71. The molecule has 0 aliphatic rings. The highest BCUT2D eigenvalue weighted by atomic mass is 19.4. The monoisotopic (exact) mass is 225 g/mol. The summed E-state index contributed by atoms with van der Waals surface area (Å²) in [6.45, 7) is 2.63. The minimum Gasteiger partial charge on any atom is -0.338 e. The standard InChI is InChI=1S/C12H10F3N/c1-2-9-4-3-5-10-6-7-16(11(9)10)8-12(13,14)15/h2-7H,1,8H2. The predicted octanol–water partition coefficient (Wildman–Crippen LogP) is 3.85. The van der Waals surface area contributed by atoms with Crippen LogP contribution < -0.4 is 0 Å². The first kappa shape index (κ1) is 10.8. The van der Waals surface area contributed by atoms with E-state index in [1.165, 1.54) is 10.8 Å². The van der Waals surface area contributed by atoms with E-state index in [1.807, 2.05) is 0 Å². The highest BCUT2D eigenvalue weighted by Gasteiger charge is 2.28. The van der Waals surface area contributed by atoms with Gasteiger partial charge >= 0.3 is 6.18 Å². The van der Waals surface area contributed by atoms with Crippen molar-refractivity contribution < 1.29 is 13.2 Å². The van der Waals surface area contributed by atoms with Crippen LogP contribution in [0.1, 0.15) is 5.56 Å². The quantitative estimate of drug-likeness (QED) is 0.731. The third kappa shape index (κ3) is 1.96. The van der Waals surface area contributed by atoms with Gasteiger partial charge in [0, 0.05) is 11.6 Å². The van der Waals surface area contributed by atoms with E-state index in [4.69, 9.17) is 0 Å². The molecule has 0 saturated heterocycles. The van der Waals surface area contributed by atoms with Gasteiger partial charge < -0.3 is 4.57 Å². The van der Waals surface area contributed by atoms with Crippen molar-refractivity contribution in [3.05, 3.63) is 42.6 Å². The number of aromatic nitrogens is 1. The molecule has 0 unspecified atom stereocenters. The van der Waals surface area contributed by atoms with E-state index in [1.54, 1.807) is 30.3 Å². The van der Waals surface area contributed by atoms with Crippen LogP contribution >= 0.6 is 0 Å². The van der Waals surface area contributed by atoms with E-state index in [0.717, 1.165) is 5.39 Å². The normalized spacial score (nSPS) is 11.9. The Morgan fingerprint density at radius 2 is 2.00 bits per heavy atom. The molecule has 0 aliphatic heterocycles. The molecule has 0 saturated carbocycles. The summed E-state index contributed by atoms with van der Waals surface area (Å²) < 4.78 is 38.2. The molecule has 0 fully saturated rings. The van der Waals surface area contributed by atoms with Crippen molar-refractivity contribution in [3.63, 3.8) is 0 Å². The smallest absolute Gasteiger partial charge is 0.338 e. The summed E-state index contributed by atoms with van der Waals surface area (Å²) in [4.78, 5) is 0. The van der Waals surface area contributed by atoms with Gasteiger partial charge in [-0.25, -0.2) is 0 Å². The zero-order valence-electron chi connectivity index (χ0n) is 8.46. The van der Waals surface area contributed by atoms with Gasteiger partial charge in [0.05, 0.1) is 5.52 Å². The number of para-hydroxylation sites is 1. The molecule has 84 valence electrons. The van der Waals surface area contributed by atoms with Gasteiger partial charge in [-0.15, -0.1) is 0 Å². The molecule has 0 aliphatic carbocycles. The van der Waals surface area contributed by atoms with Crippen molar-refractivity contribution in [2.75, 3.05) is 0 Å². The van der Waals surface area contributed by atoms with Crippen LogP contribution in [0.5, 0.6) is 0 Å². The number of halogens is 3. The summed E-state index contributed by atoms with van der Waals surface area (Å²) >= 11 is 0. The molecule has 1 heterocycles. The first-order chi connectivity index (χ1) is 7.51. The van der Waals surface area contributed by atoms with E-state index in [2.05, 4.69) is 6.58 Å². The van der Waals surface area contributed by atoms with Gasteiger partial charge in [0.1, 0.15) is 6.54 Å². The van der Waals surface area contributed by atoms with Gasteiger partial charge in [-0.3, -0.25) is 0 Å². The van der Waals surface area contributed by atoms with Crippen LogP contribution in [0.3, 0.4) is 0 Å². The summed E-state index contributed by atoms with van der Waals surface area (Å²) in [6, 6.07) is 7.02. The van der Waals surface area contributed by atoms with Gasteiger partial charge in [-0.1, -0.05) is 30.9 Å². The molecular formula is C12H10F3N. The molecule has 1 aromatic carbocycles. The Labute approximate surface area is 90.8 Å². The average molecular weight is 225 g/mol. The number of benzene rings is 1. The van der Waals surface area contributed by atoms with Crippen molar-refractivity contribution in [2.24, 2.45) is 0 Å². The van der Waals surface area contributed by atoms with Crippen molar-refractivity contribution in [2.45, 2.75) is 12.7 Å². The molecule has 1 nitrogen and oxygen atoms in total. The van der Waals surface area contributed by atoms with Crippen LogP contribution in [0.15, 0.2) is 37.0 Å². The van der Waals surface area contributed by atoms with Crippen molar-refractivity contribution >= 4 is 17.0 Å². The van der Waals surface area contributed by atoms with E-state index in [-0.39, 0.29) is 0 Å². The Kier molecular flexibility index (Phi) is 2.50. The molecule has 1 aromatic heterocycles. The molecule has 16 heavy (non-hydrogen) atoms. The molecule has 0 atom stereocenters. The third-order valence-corrected chi connectivity index (χ3v) is 2.39. The van der Waals surface area contributed by atoms with Crippen LogP contribution in [0.2, 0.25) is 0 Å². The summed E-state index contributed by atoms with van der Waals surface area (Å²) in [5, 5.41) is 0.793. The second kappa shape index (κ2) is 3.70. The SMILES string of the molecule is C=Cc1cccc2ccn(CC(F)(F)F)c12. The number of hydrogen-bond acceptors (Lipinski definition) is 0. The molecule has 0 amide bonds. The molecule has 0 spiro atoms. The van der Waals surface area contributed by atoms with E-state index >= 15 is 0 Å². The van der Waals surface area contributed by atoms with Crippen LogP contribution in [-0.4, -0.2) is 10.7 Å². The van der Waals surface area contributed by atoms with Crippen molar-refractivity contribution in [1.29, 1.82) is 0 Å². The Morgan fingerprint density at radius 3 is 2.62 bits per heavy atom. The average Bonchev–Trinajstić information content (AvgIpc) is 2.59. The molecule has 2 aromatic rings. The number of fused-ring (bicyclic) bond motifs is 1. The Morgan fingerprint density at radius 1 is 1.25 bits per heavy atom. The fourth-order valence-electron chi connectivity index (χ4n) is 1.78. The number of hydrogen-bond donors (Lipinski definition) is 0. The second-order valence-electron chi connectivity index (χ2n) is 3.55. The lowest BCUT2D eigenvalue weighted by Gasteiger charge is -2.10. The van der Waals surface area contributed by atoms with Gasteiger partial charge in [-0.2, -0.15) is 13.2 Å². The largest absolute Gasteiger partial charge is 0.406 e. The second-order valence-corrected chi connectivity index (χ2v) is 3.55. The summed E-state index contributed by atoms with van der Waals surface area (Å²) in [5.74, 6) is 0. The summed E-state index contributed by atoms with van der Waals surface area (Å²) in [7, 11) is 0. The van der Waals surface area contributed by atoms with Gasteiger partial charge in [0.15, 0.2) is 0 Å². The topological polar surface area (TPSA) is 4.93 Å². The Bertz CT molecular complexity index is 523. The fourth-order valence-corrected chi connectivity index (χ4v) is 1.78. The van der Waals surface area contributed by atoms with Gasteiger partial charge in [0.25, 0.3) is 0 Å². The molecule has 4 heteroatoms. The highest BCUT2D eigenvalue weighted by Crippen LogP contribution is 2.25. The first-order valence-corrected chi connectivity index (χ1v) is 4.78. The lowest BCUT2D eigenvalue weighted by atomic mass is 10.1. The third-order valence-electron chi connectivity index (χ3n) is 2.39. The number of nitrogens with zero attached hydrogens (tertiary/aromatic N) is 1. The number of rotatable bonds is 2. The predicted molar refractivity (Wildman–Crippen MR) is 58.1 cm³/mol. The maximum atomic E-state index is 12.3. The lowest BCUT2D eigenvalue weighted by molar-refractivity contribution is -0.139. The zero-order chi connectivity index (χ0) is 11.8. The van der Waals surface area contributed by atoms with Gasteiger partial charge in [0.2, 0.25) is 0 Å². The minimum absolute atomic E-state index is 0.579. The van der Waals surface area contributed by atoms with Crippen molar-refractivity contribution in [1.82, 2.24) is 4.57 Å². The van der Waals surface area contributed by atoms with Crippen molar-refractivity contribution in [3.8, 4) is 0 Å². The molecule has 2 rings (SSSR count). The lowest BCUT2D eigenvalue weighted by Crippen LogP contribution is -2.17. The summed E-state index contributed by atoms with van der Waals surface area (Å²) in [5.41, 5.74) is 1.29. The summed E-state index contributed by atoms with van der Waals surface area (Å²) in [6.07, 6.45) is -1.19.